The maximum absolute atomic E-state index is 9.22. The Kier molecular flexibility index (Phi) is 5.76. The van der Waals surface area contributed by atoms with E-state index in [-0.39, 0.29) is 0 Å². The van der Waals surface area contributed by atoms with Gasteiger partial charge in [-0.3, -0.25) is 4.18 Å². The van der Waals surface area contributed by atoms with Crippen LogP contribution >= 0.6 is 0 Å². The molecule has 0 aliphatic heterocycles. The molecule has 84 valence electrons. The first kappa shape index (κ1) is 13.8. The zero-order chi connectivity index (χ0) is 11.9. The minimum Gasteiger partial charge on any atom is -0.726 e. The Hall–Kier alpha value is -1.24. The number of H-pyrrole nitrogens is 1. The quantitative estimate of drug-likeness (QED) is 0.549. The van der Waals surface area contributed by atoms with Crippen LogP contribution in [-0.2, 0) is 14.6 Å². The first-order valence-corrected chi connectivity index (χ1v) is 5.34. The molecule has 0 aromatic carbocycles. The summed E-state index contributed by atoms with van der Waals surface area (Å²) in [6.45, 7) is 5.68. The van der Waals surface area contributed by atoms with Crippen LogP contribution in [0, 0.1) is 6.92 Å². The van der Waals surface area contributed by atoms with Crippen LogP contribution in [0.15, 0.2) is 24.9 Å². The number of aryl methyl sites for hydroxylation is 1. The summed E-state index contributed by atoms with van der Waals surface area (Å²) < 4.78 is 31.0. The van der Waals surface area contributed by atoms with Gasteiger partial charge in [0.15, 0.2) is 11.9 Å². The summed E-state index contributed by atoms with van der Waals surface area (Å²) in [5, 5.41) is 0. The predicted octanol–water partition coefficient (Wildman–Crippen LogP) is 0.545. The second-order valence-electron chi connectivity index (χ2n) is 2.58. The minimum atomic E-state index is -4.41. The van der Waals surface area contributed by atoms with Gasteiger partial charge in [-0.25, -0.2) is 13.4 Å². The van der Waals surface area contributed by atoms with Gasteiger partial charge in [-0.2, -0.15) is 0 Å². The molecule has 0 amide bonds. The van der Waals surface area contributed by atoms with Crippen LogP contribution in [0.1, 0.15) is 11.3 Å². The molecular formula is C9H13NO4S. The highest BCUT2D eigenvalue weighted by atomic mass is 32.3. The van der Waals surface area contributed by atoms with E-state index in [1.54, 1.807) is 0 Å². The van der Waals surface area contributed by atoms with Gasteiger partial charge in [-0.05, 0) is 5.56 Å². The van der Waals surface area contributed by atoms with Gasteiger partial charge in [0.1, 0.15) is 0 Å². The molecule has 5 nitrogen and oxygen atoms in total. The molecule has 0 atom stereocenters. The second kappa shape index (κ2) is 6.28. The fourth-order valence-electron chi connectivity index (χ4n) is 0.736. The second-order valence-corrected chi connectivity index (χ2v) is 3.73. The van der Waals surface area contributed by atoms with Gasteiger partial charge in [-0.15, -0.1) is 0 Å². The van der Waals surface area contributed by atoms with Crippen LogP contribution < -0.4 is 4.98 Å². The summed E-state index contributed by atoms with van der Waals surface area (Å²) in [7, 11) is -3.60. The van der Waals surface area contributed by atoms with Gasteiger partial charge in [0, 0.05) is 19.1 Å². The SMILES string of the molecule is C=Cc1cc[nH+]c(C)c1.COS(=O)(=O)[O-]. The highest BCUT2D eigenvalue weighted by Crippen LogP contribution is 1.97. The summed E-state index contributed by atoms with van der Waals surface area (Å²) in [4.78, 5) is 3.06. The summed E-state index contributed by atoms with van der Waals surface area (Å²) in [5.41, 5.74) is 2.32. The van der Waals surface area contributed by atoms with Gasteiger partial charge >= 0.3 is 0 Å². The minimum absolute atomic E-state index is 0.808. The van der Waals surface area contributed by atoms with Crippen molar-refractivity contribution >= 4 is 16.5 Å². The molecule has 1 aromatic rings. The molecule has 0 unspecified atom stereocenters. The summed E-state index contributed by atoms with van der Waals surface area (Å²) in [6.07, 6.45) is 3.74. The topological polar surface area (TPSA) is 80.6 Å². The van der Waals surface area contributed by atoms with Crippen LogP contribution in [0.3, 0.4) is 0 Å². The molecule has 0 saturated carbocycles. The molecular weight excluding hydrogens is 218 g/mol. The fourth-order valence-corrected chi connectivity index (χ4v) is 0.736. The maximum Gasteiger partial charge on any atom is 0.217 e. The number of rotatable bonds is 2. The van der Waals surface area contributed by atoms with Gasteiger partial charge in [0.2, 0.25) is 10.4 Å². The molecule has 1 heterocycles. The van der Waals surface area contributed by atoms with E-state index in [0.717, 1.165) is 18.4 Å². The Bertz CT molecular complexity index is 414. The zero-order valence-electron chi connectivity index (χ0n) is 8.56. The zero-order valence-corrected chi connectivity index (χ0v) is 9.37. The maximum atomic E-state index is 9.22. The van der Waals surface area contributed by atoms with Crippen molar-refractivity contribution in [3.8, 4) is 0 Å². The molecule has 1 N–H and O–H groups in total. The van der Waals surface area contributed by atoms with Crippen molar-refractivity contribution in [1.29, 1.82) is 0 Å². The van der Waals surface area contributed by atoms with Crippen LogP contribution in [-0.4, -0.2) is 20.1 Å². The normalized spacial score (nSPS) is 10.1. The number of nitrogens with one attached hydrogen (secondary N) is 1. The first-order valence-electron chi connectivity index (χ1n) is 4.01. The molecule has 0 fully saturated rings. The number of pyridine rings is 1. The van der Waals surface area contributed by atoms with E-state index in [1.807, 2.05) is 31.3 Å². The van der Waals surface area contributed by atoms with Crippen molar-refractivity contribution in [2.75, 3.05) is 7.11 Å². The van der Waals surface area contributed by atoms with Crippen LogP contribution in [0.25, 0.3) is 6.08 Å². The van der Waals surface area contributed by atoms with Crippen molar-refractivity contribution in [2.45, 2.75) is 6.92 Å². The van der Waals surface area contributed by atoms with Crippen molar-refractivity contribution in [3.05, 3.63) is 36.2 Å². The predicted molar refractivity (Wildman–Crippen MR) is 54.5 cm³/mol. The molecule has 0 bridgehead atoms. The Morgan fingerprint density at radius 1 is 1.60 bits per heavy atom. The summed E-state index contributed by atoms with van der Waals surface area (Å²) in [6, 6.07) is 4.03. The van der Waals surface area contributed by atoms with Gasteiger partial charge < -0.3 is 4.55 Å². The Morgan fingerprint density at radius 2 is 2.13 bits per heavy atom. The summed E-state index contributed by atoms with van der Waals surface area (Å²) in [5.74, 6) is 0. The highest BCUT2D eigenvalue weighted by molar-refractivity contribution is 7.80. The van der Waals surface area contributed by atoms with Crippen molar-refractivity contribution in [1.82, 2.24) is 0 Å². The van der Waals surface area contributed by atoms with Gasteiger partial charge in [-0.1, -0.05) is 12.7 Å². The molecule has 0 aliphatic rings. The molecule has 0 aliphatic carbocycles. The van der Waals surface area contributed by atoms with Gasteiger partial charge in [0.05, 0.1) is 7.11 Å². The molecule has 1 aromatic heterocycles. The smallest absolute Gasteiger partial charge is 0.217 e. The third kappa shape index (κ3) is 7.80. The van der Waals surface area contributed by atoms with Crippen LogP contribution in [0.4, 0.5) is 0 Å². The lowest BCUT2D eigenvalue weighted by atomic mass is 10.2. The molecule has 0 radical (unpaired) electrons. The Morgan fingerprint density at radius 3 is 2.40 bits per heavy atom. The van der Waals surface area contributed by atoms with Gasteiger partial charge in [0.25, 0.3) is 0 Å². The van der Waals surface area contributed by atoms with Crippen molar-refractivity contribution < 1.29 is 22.1 Å². The van der Waals surface area contributed by atoms with E-state index in [9.17, 15) is 13.0 Å². The Balaban J connectivity index is 0.000000288. The van der Waals surface area contributed by atoms with E-state index in [4.69, 9.17) is 0 Å². The fraction of sp³-hybridized carbons (Fsp3) is 0.222. The van der Waals surface area contributed by atoms with E-state index in [1.165, 1.54) is 0 Å². The molecule has 0 spiro atoms. The molecule has 15 heavy (non-hydrogen) atoms. The molecule has 0 saturated heterocycles. The van der Waals surface area contributed by atoms with Crippen molar-refractivity contribution in [2.24, 2.45) is 0 Å². The summed E-state index contributed by atoms with van der Waals surface area (Å²) >= 11 is 0. The van der Waals surface area contributed by atoms with E-state index in [0.29, 0.717) is 0 Å². The van der Waals surface area contributed by atoms with Crippen molar-refractivity contribution in [3.63, 3.8) is 0 Å². The Labute approximate surface area is 89.4 Å². The van der Waals surface area contributed by atoms with E-state index in [2.05, 4.69) is 15.7 Å². The number of aromatic nitrogens is 1. The third-order valence-electron chi connectivity index (χ3n) is 1.41. The monoisotopic (exact) mass is 231 g/mol. The molecule has 1 rings (SSSR count). The average Bonchev–Trinajstić information content (AvgIpc) is 2.18. The highest BCUT2D eigenvalue weighted by Gasteiger charge is 1.90. The lowest BCUT2D eigenvalue weighted by Crippen LogP contribution is -2.04. The van der Waals surface area contributed by atoms with Crippen LogP contribution in [0.2, 0.25) is 0 Å². The van der Waals surface area contributed by atoms with Crippen LogP contribution in [0.5, 0.6) is 0 Å². The number of hydrogen-bond acceptors (Lipinski definition) is 4. The standard InChI is InChI=1S/C8H9N.CH4O4S/c1-3-8-4-5-9-7(2)6-8;1-5-6(2,3)4/h3-6H,1H2,2H3;1H3,(H,2,3,4). The molecule has 6 heteroatoms. The number of aromatic amines is 1. The first-order chi connectivity index (χ1) is 6.89. The van der Waals surface area contributed by atoms with E-state index < -0.39 is 10.4 Å². The average molecular weight is 231 g/mol. The van der Waals surface area contributed by atoms with E-state index >= 15 is 0 Å². The largest absolute Gasteiger partial charge is 0.726 e. The third-order valence-corrected chi connectivity index (χ3v) is 1.82. The lowest BCUT2D eigenvalue weighted by Gasteiger charge is -1.98. The lowest BCUT2D eigenvalue weighted by molar-refractivity contribution is -0.387. The number of hydrogen-bond donors (Lipinski definition) is 0.